The summed E-state index contributed by atoms with van der Waals surface area (Å²) in [6.07, 6.45) is 1.44. The maximum atomic E-state index is 14.4. The summed E-state index contributed by atoms with van der Waals surface area (Å²) in [6, 6.07) is 10.00. The van der Waals surface area contributed by atoms with Crippen LogP contribution in [0.2, 0.25) is 0 Å². The molecule has 0 aliphatic rings. The van der Waals surface area contributed by atoms with E-state index in [1.165, 1.54) is 12.3 Å². The number of halogens is 1. The van der Waals surface area contributed by atoms with Crippen molar-refractivity contribution in [1.82, 2.24) is 9.97 Å². The maximum Gasteiger partial charge on any atom is 0.249 e. The maximum absolute atomic E-state index is 14.4. The molecule has 108 valence electrons. The van der Waals surface area contributed by atoms with Gasteiger partial charge in [-0.15, -0.1) is 11.3 Å². The lowest BCUT2D eigenvalue weighted by atomic mass is 10.3. The topological polar surface area (TPSA) is 59.9 Å². The van der Waals surface area contributed by atoms with Gasteiger partial charge in [0.1, 0.15) is 0 Å². The molecule has 2 aromatic heterocycles. The molecule has 0 radical (unpaired) electrons. The third kappa shape index (κ3) is 2.54. The van der Waals surface area contributed by atoms with E-state index in [1.807, 2.05) is 0 Å². The van der Waals surface area contributed by atoms with Crippen molar-refractivity contribution < 1.29 is 12.8 Å². The number of alkyl halides is 1. The van der Waals surface area contributed by atoms with Crippen LogP contribution in [-0.2, 0) is 9.84 Å². The van der Waals surface area contributed by atoms with Crippen LogP contribution in [0.15, 0.2) is 46.9 Å². The summed E-state index contributed by atoms with van der Waals surface area (Å²) >= 11 is 0.964. The normalized spacial score (nSPS) is 13.4. The van der Waals surface area contributed by atoms with Crippen molar-refractivity contribution in [2.75, 3.05) is 0 Å². The van der Waals surface area contributed by atoms with Gasteiger partial charge in [0, 0.05) is 6.20 Å². The zero-order valence-electron chi connectivity index (χ0n) is 11.0. The van der Waals surface area contributed by atoms with Crippen molar-refractivity contribution >= 4 is 31.4 Å². The first kappa shape index (κ1) is 14.1. The summed E-state index contributed by atoms with van der Waals surface area (Å²) in [4.78, 5) is 7.86. The molecule has 21 heavy (non-hydrogen) atoms. The van der Waals surface area contributed by atoms with E-state index in [0.29, 0.717) is 10.2 Å². The lowest BCUT2D eigenvalue weighted by molar-refractivity contribution is 0.423. The zero-order valence-corrected chi connectivity index (χ0v) is 12.7. The molecule has 3 aromatic rings. The Kier molecular flexibility index (Phi) is 3.46. The Bertz CT molecular complexity index is 856. The first-order valence-corrected chi connectivity index (χ1v) is 8.51. The van der Waals surface area contributed by atoms with E-state index in [1.54, 1.807) is 37.3 Å². The van der Waals surface area contributed by atoms with Gasteiger partial charge in [0.25, 0.3) is 0 Å². The number of nitrogens with zero attached hydrogens (tertiary/aromatic N) is 2. The second-order valence-corrected chi connectivity index (χ2v) is 7.75. The van der Waals surface area contributed by atoms with Gasteiger partial charge in [-0.05, 0) is 30.7 Å². The Hall–Kier alpha value is -1.86. The van der Waals surface area contributed by atoms with Gasteiger partial charge < -0.3 is 0 Å². The Balaban J connectivity index is 2.04. The van der Waals surface area contributed by atoms with Crippen molar-refractivity contribution in [2.45, 2.75) is 16.8 Å². The monoisotopic (exact) mass is 322 g/mol. The molecule has 3 rings (SSSR count). The van der Waals surface area contributed by atoms with E-state index in [-0.39, 0.29) is 10.0 Å². The quantitative estimate of drug-likeness (QED) is 0.741. The van der Waals surface area contributed by atoms with Crippen molar-refractivity contribution in [1.29, 1.82) is 0 Å². The number of sulfone groups is 1. The molecule has 1 unspecified atom stereocenters. The van der Waals surface area contributed by atoms with E-state index >= 15 is 0 Å². The predicted molar refractivity (Wildman–Crippen MR) is 79.6 cm³/mol. The fraction of sp³-hybridized carbons (Fsp3) is 0.143. The van der Waals surface area contributed by atoms with Crippen LogP contribution in [0.1, 0.15) is 16.8 Å². The first-order chi connectivity index (χ1) is 9.98. The minimum absolute atomic E-state index is 0.125. The van der Waals surface area contributed by atoms with Gasteiger partial charge in [0.2, 0.25) is 19.7 Å². The molecule has 7 heteroatoms. The molecule has 0 saturated heterocycles. The van der Waals surface area contributed by atoms with Crippen LogP contribution in [0.5, 0.6) is 0 Å². The number of hydrogen-bond donors (Lipinski definition) is 0. The third-order valence-corrected chi connectivity index (χ3v) is 6.10. The number of benzene rings is 1. The average molecular weight is 322 g/mol. The van der Waals surface area contributed by atoms with Gasteiger partial charge in [0.05, 0.1) is 15.9 Å². The molecule has 0 amide bonds. The molecule has 0 saturated carbocycles. The summed E-state index contributed by atoms with van der Waals surface area (Å²) in [7, 11) is -4.19. The number of rotatable bonds is 3. The van der Waals surface area contributed by atoms with Crippen LogP contribution in [0.4, 0.5) is 4.39 Å². The Morgan fingerprint density at radius 1 is 1.19 bits per heavy atom. The molecule has 4 nitrogen and oxygen atoms in total. The van der Waals surface area contributed by atoms with Crippen LogP contribution in [0.3, 0.4) is 0 Å². The first-order valence-electron chi connectivity index (χ1n) is 6.14. The Labute approximate surface area is 125 Å². The van der Waals surface area contributed by atoms with E-state index < -0.39 is 15.3 Å². The van der Waals surface area contributed by atoms with Gasteiger partial charge in [-0.3, -0.25) is 4.98 Å². The lowest BCUT2D eigenvalue weighted by Gasteiger charge is -2.07. The average Bonchev–Trinajstić information content (AvgIpc) is 2.92. The number of pyridine rings is 1. The number of aryl methyl sites for hydroxylation is 1. The van der Waals surface area contributed by atoms with Crippen molar-refractivity contribution in [3.63, 3.8) is 0 Å². The van der Waals surface area contributed by atoms with E-state index in [0.717, 1.165) is 16.9 Å². The fourth-order valence-corrected chi connectivity index (χ4v) is 4.38. The highest BCUT2D eigenvalue weighted by molar-refractivity contribution is 7.93. The molecule has 0 N–H and O–H groups in total. The predicted octanol–water partition coefficient (Wildman–Crippen LogP) is 3.44. The van der Waals surface area contributed by atoms with Crippen molar-refractivity contribution in [3.05, 3.63) is 53.9 Å². The van der Waals surface area contributed by atoms with Crippen LogP contribution < -0.4 is 0 Å². The molecule has 1 aromatic carbocycles. The number of aromatic nitrogens is 2. The molecule has 1 atom stereocenters. The van der Waals surface area contributed by atoms with Crippen LogP contribution in [0, 0.1) is 6.92 Å². The summed E-state index contributed by atoms with van der Waals surface area (Å²) in [5.74, 6) is 0. The molecule has 0 aliphatic carbocycles. The molecular weight excluding hydrogens is 311 g/mol. The molecule has 0 fully saturated rings. The third-order valence-electron chi connectivity index (χ3n) is 2.96. The van der Waals surface area contributed by atoms with Crippen LogP contribution in [0.25, 0.3) is 10.2 Å². The van der Waals surface area contributed by atoms with E-state index in [9.17, 15) is 12.8 Å². The number of hydrogen-bond acceptors (Lipinski definition) is 5. The van der Waals surface area contributed by atoms with Crippen LogP contribution in [-0.4, -0.2) is 18.4 Å². The van der Waals surface area contributed by atoms with Gasteiger partial charge >= 0.3 is 0 Å². The summed E-state index contributed by atoms with van der Waals surface area (Å²) in [5, 5.41) is 0. The van der Waals surface area contributed by atoms with Crippen LogP contribution >= 0.6 is 11.3 Å². The number of para-hydroxylation sites is 1. The molecule has 2 heterocycles. The van der Waals surface area contributed by atoms with Gasteiger partial charge in [-0.2, -0.15) is 0 Å². The number of thiazole rings is 1. The fourth-order valence-electron chi connectivity index (χ4n) is 1.83. The number of fused-ring (bicyclic) bond motifs is 1. The Morgan fingerprint density at radius 2 is 1.95 bits per heavy atom. The summed E-state index contributed by atoms with van der Waals surface area (Å²) < 4.78 is 39.5. The van der Waals surface area contributed by atoms with E-state index in [4.69, 9.17) is 0 Å². The lowest BCUT2D eigenvalue weighted by Crippen LogP contribution is -2.10. The minimum atomic E-state index is -4.19. The molecule has 0 aliphatic heterocycles. The highest BCUT2D eigenvalue weighted by Crippen LogP contribution is 2.33. The summed E-state index contributed by atoms with van der Waals surface area (Å²) in [6.45, 7) is 1.80. The van der Waals surface area contributed by atoms with E-state index in [2.05, 4.69) is 9.97 Å². The molecular formula is C14H11FN2O2S2. The smallest absolute Gasteiger partial charge is 0.249 e. The SMILES string of the molecule is Cc1ccc(C(F)S(=O)(=O)c2nc3ccccc3s2)nc1. The molecule has 0 spiro atoms. The van der Waals surface area contributed by atoms with Gasteiger partial charge in [-0.1, -0.05) is 18.2 Å². The largest absolute Gasteiger partial charge is 0.257 e. The van der Waals surface area contributed by atoms with Gasteiger partial charge in [-0.25, -0.2) is 17.8 Å². The highest BCUT2D eigenvalue weighted by atomic mass is 32.2. The van der Waals surface area contributed by atoms with Gasteiger partial charge in [0.15, 0.2) is 0 Å². The second-order valence-electron chi connectivity index (χ2n) is 4.57. The standard InChI is InChI=1S/C14H11FN2O2S2/c1-9-6-7-11(16-8-9)13(15)21(18,19)14-17-10-4-2-3-5-12(10)20-14/h2-8,13H,1H3. The Morgan fingerprint density at radius 3 is 2.62 bits per heavy atom. The molecule has 0 bridgehead atoms. The van der Waals surface area contributed by atoms with Crippen molar-refractivity contribution in [3.8, 4) is 0 Å². The minimum Gasteiger partial charge on any atom is -0.257 e. The second kappa shape index (κ2) is 5.16. The highest BCUT2D eigenvalue weighted by Gasteiger charge is 2.33. The zero-order chi connectivity index (χ0) is 15.0. The summed E-state index contributed by atoms with van der Waals surface area (Å²) in [5.41, 5.74) is -0.952. The van der Waals surface area contributed by atoms with Crippen molar-refractivity contribution in [2.24, 2.45) is 0 Å².